The lowest BCUT2D eigenvalue weighted by Gasteiger charge is -2.51. The van der Waals surface area contributed by atoms with E-state index in [2.05, 4.69) is 36.2 Å². The quantitative estimate of drug-likeness (QED) is 0.113. The maximum atomic E-state index is 15.3. The Morgan fingerprint density at radius 3 is 2.00 bits per heavy atom. The van der Waals surface area contributed by atoms with E-state index in [-0.39, 0.29) is 23.0 Å². The summed E-state index contributed by atoms with van der Waals surface area (Å²) in [4.78, 5) is 4.32. The summed E-state index contributed by atoms with van der Waals surface area (Å²) >= 11 is 14.4. The smallest absolute Gasteiger partial charge is 0.394 e. The average Bonchev–Trinajstić information content (AvgIpc) is 3.92. The lowest BCUT2D eigenvalue weighted by molar-refractivity contribution is -0.338. The number of hydrogen-bond donors (Lipinski definition) is 3. The standard InChI is InChI=1S/C34H22BrCl2F8N7O4/c1-14-48-31(52(49-14)24-7-20(35)23(38)6-19(24)34(43,44)45)33(51-12-16(10-47-51)18-3-5-22(37)30(42)28(18)40)32(55,8-25(54)26(13-53)56-33)50-11-15(9-46-50)17-2-4-21(36)29(41)27(17)39/h2-7,9-12,25-26,53-55H,8,13H2,1H3/t25-,26-,32-,33?/m0/s1. The van der Waals surface area contributed by atoms with Gasteiger partial charge in [0.05, 0.1) is 50.9 Å². The first-order chi connectivity index (χ1) is 26.3. The van der Waals surface area contributed by atoms with Crippen molar-refractivity contribution in [3.63, 3.8) is 0 Å². The highest BCUT2D eigenvalue weighted by Gasteiger charge is 2.66. The first kappa shape index (κ1) is 39.8. The van der Waals surface area contributed by atoms with E-state index in [0.29, 0.717) is 15.4 Å². The molecule has 0 radical (unpaired) electrons. The van der Waals surface area contributed by atoms with Gasteiger partial charge in [0.2, 0.25) is 5.72 Å². The van der Waals surface area contributed by atoms with Crippen LogP contribution in [0.2, 0.25) is 10.0 Å². The number of aliphatic hydroxyl groups excluding tert-OH is 2. The maximum absolute atomic E-state index is 15.3. The van der Waals surface area contributed by atoms with Crippen LogP contribution < -0.4 is 0 Å². The van der Waals surface area contributed by atoms with Gasteiger partial charge in [-0.3, -0.25) is 0 Å². The molecular weight excluding hydrogens is 873 g/mol. The Morgan fingerprint density at radius 2 is 1.45 bits per heavy atom. The fourth-order valence-corrected chi connectivity index (χ4v) is 7.09. The summed E-state index contributed by atoms with van der Waals surface area (Å²) in [7, 11) is 0. The molecule has 0 aliphatic carbocycles. The number of nitrogens with zero attached hydrogens (tertiary/aromatic N) is 7. The molecule has 294 valence electrons. The fraction of sp³-hybridized carbons (Fsp3) is 0.235. The third-order valence-corrected chi connectivity index (χ3v) is 10.3. The van der Waals surface area contributed by atoms with Crippen LogP contribution in [0.25, 0.3) is 27.9 Å². The van der Waals surface area contributed by atoms with Gasteiger partial charge < -0.3 is 20.1 Å². The van der Waals surface area contributed by atoms with Gasteiger partial charge in [-0.25, -0.2) is 41.0 Å². The van der Waals surface area contributed by atoms with Crippen molar-refractivity contribution >= 4 is 39.1 Å². The molecule has 22 heteroatoms. The lowest BCUT2D eigenvalue weighted by atomic mass is 9.86. The van der Waals surface area contributed by atoms with Crippen molar-refractivity contribution in [1.82, 2.24) is 34.3 Å². The van der Waals surface area contributed by atoms with Crippen LogP contribution in [0.15, 0.2) is 65.7 Å². The second kappa shape index (κ2) is 14.2. The van der Waals surface area contributed by atoms with E-state index in [1.54, 1.807) is 0 Å². The zero-order chi connectivity index (χ0) is 40.6. The number of ether oxygens (including phenoxy) is 1. The Bertz CT molecular complexity index is 2520. The number of alkyl halides is 3. The number of aliphatic hydroxyl groups is 3. The van der Waals surface area contributed by atoms with Crippen molar-refractivity contribution in [3.8, 4) is 27.9 Å². The predicted octanol–water partition coefficient (Wildman–Crippen LogP) is 7.27. The van der Waals surface area contributed by atoms with Crippen molar-refractivity contribution in [1.29, 1.82) is 0 Å². The van der Waals surface area contributed by atoms with Crippen LogP contribution in [0, 0.1) is 36.0 Å². The van der Waals surface area contributed by atoms with E-state index in [9.17, 15) is 41.7 Å². The number of aromatic nitrogens is 7. The van der Waals surface area contributed by atoms with Crippen molar-refractivity contribution in [2.24, 2.45) is 0 Å². The van der Waals surface area contributed by atoms with Crippen molar-refractivity contribution in [3.05, 3.63) is 122 Å². The largest absolute Gasteiger partial charge is 0.418 e. The summed E-state index contributed by atoms with van der Waals surface area (Å²) in [5, 5.41) is 46.1. The summed E-state index contributed by atoms with van der Waals surface area (Å²) < 4.78 is 126. The number of benzene rings is 3. The monoisotopic (exact) mass is 893 g/mol. The Morgan fingerprint density at radius 1 is 0.893 bits per heavy atom. The van der Waals surface area contributed by atoms with Crippen LogP contribution in [0.1, 0.15) is 23.6 Å². The van der Waals surface area contributed by atoms with Gasteiger partial charge in [0, 0.05) is 41.1 Å². The number of halogens is 11. The molecule has 1 saturated heterocycles. The molecule has 1 unspecified atom stereocenters. The summed E-state index contributed by atoms with van der Waals surface area (Å²) in [6, 6.07) is 5.14. The Labute approximate surface area is 327 Å². The van der Waals surface area contributed by atoms with E-state index in [1.165, 1.54) is 6.92 Å². The second-order valence-corrected chi connectivity index (χ2v) is 14.2. The minimum Gasteiger partial charge on any atom is -0.394 e. The molecule has 3 aromatic carbocycles. The Kier molecular flexibility index (Phi) is 10.1. The molecule has 7 rings (SSSR count). The van der Waals surface area contributed by atoms with Gasteiger partial charge in [-0.1, -0.05) is 23.2 Å². The predicted molar refractivity (Wildman–Crippen MR) is 184 cm³/mol. The SMILES string of the molecule is Cc1nc(C2(n3cc(-c4ccc(Cl)c(F)c4F)cn3)O[C@@H](CO)[C@@H](O)C[C@@]2(O)n2cc(-c3ccc(Cl)c(F)c3F)cn2)n(-c2cc(Br)c(F)cc2C(F)(F)F)n1. The third kappa shape index (κ3) is 6.27. The Hall–Kier alpha value is -4.44. The summed E-state index contributed by atoms with van der Waals surface area (Å²) in [5.74, 6) is -8.07. The molecule has 0 amide bonds. The van der Waals surface area contributed by atoms with E-state index in [4.69, 9.17) is 27.9 Å². The molecule has 4 heterocycles. The van der Waals surface area contributed by atoms with Crippen molar-refractivity contribution < 1.29 is 55.2 Å². The molecular formula is C34H22BrCl2F8N7O4. The summed E-state index contributed by atoms with van der Waals surface area (Å²) in [5.41, 5.74) is -9.65. The van der Waals surface area contributed by atoms with Crippen molar-refractivity contribution in [2.45, 2.75) is 43.2 Å². The van der Waals surface area contributed by atoms with Gasteiger partial charge in [-0.05, 0) is 59.3 Å². The molecule has 56 heavy (non-hydrogen) atoms. The van der Waals surface area contributed by atoms with Gasteiger partial charge in [0.1, 0.15) is 17.7 Å². The van der Waals surface area contributed by atoms with Crippen LogP contribution >= 0.6 is 39.1 Å². The van der Waals surface area contributed by atoms with E-state index in [0.717, 1.165) is 53.7 Å². The third-order valence-electron chi connectivity index (χ3n) is 9.12. The van der Waals surface area contributed by atoms with E-state index in [1.807, 2.05) is 0 Å². The normalized spacial score (nSPS) is 21.6. The second-order valence-electron chi connectivity index (χ2n) is 12.5. The topological polar surface area (TPSA) is 136 Å². The van der Waals surface area contributed by atoms with Crippen LogP contribution in [-0.4, -0.2) is 68.5 Å². The molecule has 3 aromatic heterocycles. The summed E-state index contributed by atoms with van der Waals surface area (Å²) in [6.07, 6.45) is -5.78. The zero-order valence-electron chi connectivity index (χ0n) is 27.9. The first-order valence-corrected chi connectivity index (χ1v) is 17.4. The van der Waals surface area contributed by atoms with E-state index < -0.39 is 115 Å². The minimum atomic E-state index is -5.24. The molecule has 4 atom stereocenters. The van der Waals surface area contributed by atoms with Gasteiger partial charge in [0.15, 0.2) is 29.1 Å². The Balaban J connectivity index is 1.57. The van der Waals surface area contributed by atoms with Gasteiger partial charge >= 0.3 is 6.18 Å². The average molecular weight is 895 g/mol. The molecule has 0 bridgehead atoms. The highest BCUT2D eigenvalue weighted by molar-refractivity contribution is 9.10. The highest BCUT2D eigenvalue weighted by Crippen LogP contribution is 2.50. The van der Waals surface area contributed by atoms with Crippen LogP contribution in [0.3, 0.4) is 0 Å². The number of rotatable bonds is 7. The molecule has 11 nitrogen and oxygen atoms in total. The van der Waals surface area contributed by atoms with Crippen LogP contribution in [0.4, 0.5) is 35.1 Å². The van der Waals surface area contributed by atoms with E-state index >= 15 is 8.78 Å². The molecule has 0 saturated carbocycles. The van der Waals surface area contributed by atoms with Gasteiger partial charge in [-0.2, -0.15) is 28.5 Å². The molecule has 1 aliphatic rings. The van der Waals surface area contributed by atoms with Gasteiger partial charge in [0.25, 0.3) is 5.72 Å². The highest BCUT2D eigenvalue weighted by atomic mass is 79.9. The first-order valence-electron chi connectivity index (χ1n) is 15.9. The maximum Gasteiger partial charge on any atom is 0.418 e. The molecule has 0 spiro atoms. The van der Waals surface area contributed by atoms with Crippen molar-refractivity contribution in [2.75, 3.05) is 6.61 Å². The molecule has 6 aromatic rings. The zero-order valence-corrected chi connectivity index (χ0v) is 31.0. The van der Waals surface area contributed by atoms with Gasteiger partial charge in [-0.15, -0.1) is 0 Å². The summed E-state index contributed by atoms with van der Waals surface area (Å²) in [6.45, 7) is 0.247. The van der Waals surface area contributed by atoms with Crippen LogP contribution in [-0.2, 0) is 22.4 Å². The fourth-order valence-electron chi connectivity index (χ4n) is 6.47. The van der Waals surface area contributed by atoms with Crippen LogP contribution in [0.5, 0.6) is 0 Å². The lowest BCUT2D eigenvalue weighted by Crippen LogP contribution is -2.68. The number of aryl methyl sites for hydroxylation is 1. The molecule has 1 fully saturated rings. The number of hydrogen-bond acceptors (Lipinski definition) is 8. The molecule has 1 aliphatic heterocycles. The molecule has 3 N–H and O–H groups in total. The minimum absolute atomic E-state index is 0.171.